The number of fused-ring (bicyclic) bond motifs is 1. The maximum Gasteiger partial charge on any atom is 0.332 e. The van der Waals surface area contributed by atoms with Crippen molar-refractivity contribution in [3.8, 4) is 0 Å². The van der Waals surface area contributed by atoms with Crippen molar-refractivity contribution in [2.75, 3.05) is 0 Å². The van der Waals surface area contributed by atoms with Crippen LogP contribution in [0.5, 0.6) is 0 Å². The van der Waals surface area contributed by atoms with Crippen LogP contribution in [0.1, 0.15) is 13.8 Å². The highest BCUT2D eigenvalue weighted by molar-refractivity contribution is 9.10. The van der Waals surface area contributed by atoms with Crippen molar-refractivity contribution in [1.82, 2.24) is 18.7 Å². The predicted octanol–water partition coefficient (Wildman–Crippen LogP) is 0.699. The van der Waals surface area contributed by atoms with Gasteiger partial charge in [0.1, 0.15) is 0 Å². The molecule has 0 aliphatic carbocycles. The number of rotatable bonds is 2. The highest BCUT2D eigenvalue weighted by Crippen LogP contribution is 2.14. The number of nitrogens with zero attached hydrogens (tertiary/aromatic N) is 4. The molecule has 92 valence electrons. The molecule has 2 aromatic rings. The van der Waals surface area contributed by atoms with Crippen molar-refractivity contribution >= 4 is 27.1 Å². The van der Waals surface area contributed by atoms with Crippen LogP contribution in [0.4, 0.5) is 0 Å². The molecule has 6 nitrogen and oxygen atoms in total. The lowest BCUT2D eigenvalue weighted by Crippen LogP contribution is -2.39. The van der Waals surface area contributed by atoms with Crippen LogP contribution in [0.3, 0.4) is 0 Å². The summed E-state index contributed by atoms with van der Waals surface area (Å²) in [6.07, 6.45) is 0. The highest BCUT2D eigenvalue weighted by atomic mass is 79.9. The molecule has 2 rings (SSSR count). The van der Waals surface area contributed by atoms with Crippen molar-refractivity contribution < 1.29 is 0 Å². The van der Waals surface area contributed by atoms with Gasteiger partial charge in [-0.2, -0.15) is 0 Å². The van der Waals surface area contributed by atoms with Crippen molar-refractivity contribution in [3.05, 3.63) is 25.6 Å². The number of imidazole rings is 1. The number of hydrogen-bond donors (Lipinski definition) is 0. The molecular formula is C10H13BrN4O2. The third-order valence-electron chi connectivity index (χ3n) is 2.82. The van der Waals surface area contributed by atoms with Gasteiger partial charge >= 0.3 is 5.69 Å². The van der Waals surface area contributed by atoms with E-state index in [0.29, 0.717) is 29.0 Å². The summed E-state index contributed by atoms with van der Waals surface area (Å²) in [6, 6.07) is 0. The number of aryl methyl sites for hydroxylation is 2. The van der Waals surface area contributed by atoms with Crippen LogP contribution in [0.25, 0.3) is 11.2 Å². The topological polar surface area (TPSA) is 61.8 Å². The summed E-state index contributed by atoms with van der Waals surface area (Å²) in [6.45, 7) is 4.48. The van der Waals surface area contributed by atoms with Gasteiger partial charge in [0.25, 0.3) is 5.56 Å². The average Bonchev–Trinajstić information content (AvgIpc) is 2.57. The smallest absolute Gasteiger partial charge is 0.316 e. The van der Waals surface area contributed by atoms with E-state index in [4.69, 9.17) is 0 Å². The Morgan fingerprint density at radius 3 is 2.29 bits per heavy atom. The maximum atomic E-state index is 12.2. The summed E-state index contributed by atoms with van der Waals surface area (Å²) in [4.78, 5) is 28.4. The summed E-state index contributed by atoms with van der Waals surface area (Å²) >= 11 is 3.27. The SMILES string of the molecule is CCn1c(=O)c2c(nc(Br)n2C)n(CC)c1=O. The van der Waals surface area contributed by atoms with Gasteiger partial charge in [0.05, 0.1) is 0 Å². The van der Waals surface area contributed by atoms with Crippen molar-refractivity contribution in [2.45, 2.75) is 26.9 Å². The lowest BCUT2D eigenvalue weighted by atomic mass is 10.4. The van der Waals surface area contributed by atoms with E-state index in [2.05, 4.69) is 20.9 Å². The van der Waals surface area contributed by atoms with E-state index >= 15 is 0 Å². The standard InChI is InChI=1S/C10H13BrN4O2/c1-4-14-7-6(13(3)9(11)12-7)8(16)15(5-2)10(14)17/h4-5H2,1-3H3. The minimum absolute atomic E-state index is 0.294. The fourth-order valence-electron chi connectivity index (χ4n) is 1.90. The quantitative estimate of drug-likeness (QED) is 0.767. The van der Waals surface area contributed by atoms with Crippen LogP contribution < -0.4 is 11.2 Å². The number of halogens is 1. The van der Waals surface area contributed by atoms with Crippen LogP contribution in [0.15, 0.2) is 14.3 Å². The van der Waals surface area contributed by atoms with E-state index < -0.39 is 0 Å². The average molecular weight is 301 g/mol. The molecule has 0 unspecified atom stereocenters. The van der Waals surface area contributed by atoms with Gasteiger partial charge in [0.15, 0.2) is 15.9 Å². The molecule has 0 N–H and O–H groups in total. The molecule has 0 atom stereocenters. The van der Waals surface area contributed by atoms with Gasteiger partial charge in [-0.25, -0.2) is 9.78 Å². The van der Waals surface area contributed by atoms with E-state index in [1.54, 1.807) is 18.5 Å². The van der Waals surface area contributed by atoms with Crippen LogP contribution in [0, 0.1) is 0 Å². The Morgan fingerprint density at radius 1 is 1.18 bits per heavy atom. The minimum Gasteiger partial charge on any atom is -0.316 e. The minimum atomic E-state index is -0.307. The van der Waals surface area contributed by atoms with Crippen LogP contribution >= 0.6 is 15.9 Å². The zero-order valence-electron chi connectivity index (χ0n) is 9.90. The fourth-order valence-corrected chi connectivity index (χ4v) is 2.25. The first-order valence-electron chi connectivity index (χ1n) is 5.38. The first-order valence-corrected chi connectivity index (χ1v) is 6.17. The zero-order valence-corrected chi connectivity index (χ0v) is 11.5. The summed E-state index contributed by atoms with van der Waals surface area (Å²) in [5.74, 6) is 0. The summed E-state index contributed by atoms with van der Waals surface area (Å²) in [5, 5.41) is 0. The molecule has 2 aromatic heterocycles. The first-order chi connectivity index (χ1) is 8.02. The molecule has 0 radical (unpaired) electrons. The van der Waals surface area contributed by atoms with Crippen molar-refractivity contribution in [3.63, 3.8) is 0 Å². The molecule has 0 aliphatic rings. The van der Waals surface area contributed by atoms with Crippen LogP contribution in [0.2, 0.25) is 0 Å². The summed E-state index contributed by atoms with van der Waals surface area (Å²) in [5.41, 5.74) is 0.276. The molecule has 0 aliphatic heterocycles. The van der Waals surface area contributed by atoms with Crippen molar-refractivity contribution in [2.24, 2.45) is 7.05 Å². The first kappa shape index (κ1) is 12.1. The Morgan fingerprint density at radius 2 is 1.76 bits per heavy atom. The van der Waals surface area contributed by atoms with Gasteiger partial charge in [-0.05, 0) is 29.8 Å². The Hall–Kier alpha value is -1.37. The molecule has 2 heterocycles. The van der Waals surface area contributed by atoms with E-state index in [9.17, 15) is 9.59 Å². The molecule has 0 saturated carbocycles. The van der Waals surface area contributed by atoms with Crippen LogP contribution in [-0.2, 0) is 20.1 Å². The van der Waals surface area contributed by atoms with E-state index in [1.807, 2.05) is 6.92 Å². The van der Waals surface area contributed by atoms with Gasteiger partial charge in [0, 0.05) is 20.1 Å². The van der Waals surface area contributed by atoms with E-state index in [-0.39, 0.29) is 11.2 Å². The van der Waals surface area contributed by atoms with Gasteiger partial charge in [-0.15, -0.1) is 0 Å². The van der Waals surface area contributed by atoms with E-state index in [1.165, 1.54) is 9.13 Å². The molecule has 0 fully saturated rings. The third-order valence-corrected chi connectivity index (χ3v) is 3.53. The lowest BCUT2D eigenvalue weighted by molar-refractivity contribution is 0.604. The van der Waals surface area contributed by atoms with Gasteiger partial charge in [-0.1, -0.05) is 0 Å². The molecule has 0 amide bonds. The second-order valence-electron chi connectivity index (χ2n) is 3.69. The Kier molecular flexibility index (Phi) is 2.94. The molecule has 17 heavy (non-hydrogen) atoms. The lowest BCUT2D eigenvalue weighted by Gasteiger charge is -2.07. The monoisotopic (exact) mass is 300 g/mol. The van der Waals surface area contributed by atoms with Gasteiger partial charge in [-0.3, -0.25) is 13.9 Å². The third kappa shape index (κ3) is 1.56. The number of hydrogen-bond acceptors (Lipinski definition) is 3. The Bertz CT molecular complexity index is 695. The predicted molar refractivity (Wildman–Crippen MR) is 68.3 cm³/mol. The Labute approximate surface area is 106 Å². The Balaban J connectivity index is 3.12. The van der Waals surface area contributed by atoms with Crippen molar-refractivity contribution in [1.29, 1.82) is 0 Å². The summed E-state index contributed by atoms with van der Waals surface area (Å²) in [7, 11) is 1.74. The summed E-state index contributed by atoms with van der Waals surface area (Å²) < 4.78 is 4.92. The normalized spacial score (nSPS) is 11.3. The number of aromatic nitrogens is 4. The van der Waals surface area contributed by atoms with E-state index in [0.717, 1.165) is 0 Å². The maximum absolute atomic E-state index is 12.2. The van der Waals surface area contributed by atoms with Gasteiger partial charge < -0.3 is 4.57 Å². The van der Waals surface area contributed by atoms with Gasteiger partial charge in [0.2, 0.25) is 0 Å². The zero-order chi connectivity index (χ0) is 12.7. The second-order valence-corrected chi connectivity index (χ2v) is 4.40. The molecule has 0 saturated heterocycles. The molecular weight excluding hydrogens is 288 g/mol. The van der Waals surface area contributed by atoms with Crippen LogP contribution in [-0.4, -0.2) is 18.7 Å². The molecule has 0 spiro atoms. The highest BCUT2D eigenvalue weighted by Gasteiger charge is 2.17. The second kappa shape index (κ2) is 4.14. The largest absolute Gasteiger partial charge is 0.332 e. The fraction of sp³-hybridized carbons (Fsp3) is 0.500. The molecule has 0 aromatic carbocycles. The molecule has 7 heteroatoms. The molecule has 0 bridgehead atoms.